The molecule has 0 saturated carbocycles. The molecule has 0 radical (unpaired) electrons. The van der Waals surface area contributed by atoms with E-state index in [2.05, 4.69) is 42.2 Å². The summed E-state index contributed by atoms with van der Waals surface area (Å²) in [7, 11) is -1.16. The van der Waals surface area contributed by atoms with Gasteiger partial charge in [-0.3, -0.25) is 4.79 Å². The maximum atomic E-state index is 11.3. The van der Waals surface area contributed by atoms with E-state index in [4.69, 9.17) is 4.74 Å². The molecule has 0 aliphatic carbocycles. The zero-order chi connectivity index (χ0) is 10.1. The van der Waals surface area contributed by atoms with Crippen molar-refractivity contribution < 1.29 is 9.53 Å². The van der Waals surface area contributed by atoms with Crippen LogP contribution in [0.2, 0.25) is 25.2 Å². The average Bonchev–Trinajstić information content (AvgIpc) is 2.01. The normalized spacial score (nSPS) is 30.0. The summed E-state index contributed by atoms with van der Waals surface area (Å²) < 4.78 is 6.17. The van der Waals surface area contributed by atoms with Gasteiger partial charge >= 0.3 is 5.97 Å². The third-order valence-electron chi connectivity index (χ3n) is 2.66. The standard InChI is InChI=1S/C9H17IO2Si/c1-13(2,3)8-4-7(6-10)12-9(11)5-8/h7-8H,4-6H2,1-3H3/t7-,8-/m1/s1. The minimum absolute atomic E-state index is 0.0142. The quantitative estimate of drug-likeness (QED) is 0.339. The highest BCUT2D eigenvalue weighted by Gasteiger charge is 2.36. The van der Waals surface area contributed by atoms with Crippen LogP contribution in [0.4, 0.5) is 0 Å². The van der Waals surface area contributed by atoms with Crippen molar-refractivity contribution in [3.05, 3.63) is 0 Å². The molecule has 2 nitrogen and oxygen atoms in total. The molecule has 0 N–H and O–H groups in total. The van der Waals surface area contributed by atoms with Crippen LogP contribution in [0.3, 0.4) is 0 Å². The van der Waals surface area contributed by atoms with Gasteiger partial charge < -0.3 is 4.74 Å². The molecular formula is C9H17IO2Si. The van der Waals surface area contributed by atoms with Crippen molar-refractivity contribution >= 4 is 36.6 Å². The number of alkyl halides is 1. The molecule has 1 aliphatic rings. The van der Waals surface area contributed by atoms with Crippen LogP contribution in [0, 0.1) is 0 Å². The maximum Gasteiger partial charge on any atom is 0.306 e. The lowest BCUT2D eigenvalue weighted by atomic mass is 10.1. The lowest BCUT2D eigenvalue weighted by molar-refractivity contribution is -0.152. The van der Waals surface area contributed by atoms with E-state index in [1.165, 1.54) is 0 Å². The highest BCUT2D eigenvalue weighted by atomic mass is 127. The number of ether oxygens (including phenoxy) is 1. The number of hydrogen-bond acceptors (Lipinski definition) is 2. The first-order valence-corrected chi connectivity index (χ1v) is 9.79. The molecule has 2 atom stereocenters. The van der Waals surface area contributed by atoms with Gasteiger partial charge in [-0.1, -0.05) is 42.2 Å². The zero-order valence-electron chi connectivity index (χ0n) is 8.47. The Morgan fingerprint density at radius 2 is 2.15 bits per heavy atom. The number of hydrogen-bond donors (Lipinski definition) is 0. The molecular weight excluding hydrogens is 295 g/mol. The predicted molar refractivity (Wildman–Crippen MR) is 65.1 cm³/mol. The Kier molecular flexibility index (Phi) is 3.79. The van der Waals surface area contributed by atoms with E-state index < -0.39 is 8.07 Å². The molecule has 1 rings (SSSR count). The van der Waals surface area contributed by atoms with Gasteiger partial charge in [0.15, 0.2) is 0 Å². The first-order chi connectivity index (χ1) is 5.93. The molecule has 4 heteroatoms. The summed E-state index contributed by atoms with van der Waals surface area (Å²) in [6, 6.07) is 0. The fourth-order valence-electron chi connectivity index (χ4n) is 1.64. The van der Waals surface area contributed by atoms with Gasteiger partial charge in [0, 0.05) is 18.9 Å². The Hall–Kier alpha value is 0.417. The molecule has 0 aromatic carbocycles. The van der Waals surface area contributed by atoms with Gasteiger partial charge in [-0.25, -0.2) is 0 Å². The molecule has 0 aromatic rings. The van der Waals surface area contributed by atoms with E-state index in [0.717, 1.165) is 10.8 Å². The summed E-state index contributed by atoms with van der Waals surface area (Å²) in [6.45, 7) is 7.00. The number of carbonyl (C=O) groups excluding carboxylic acids is 1. The van der Waals surface area contributed by atoms with Crippen molar-refractivity contribution in [2.45, 2.75) is 44.1 Å². The second-order valence-corrected chi connectivity index (χ2v) is 11.2. The lowest BCUT2D eigenvalue weighted by Gasteiger charge is -2.35. The second-order valence-electron chi connectivity index (χ2n) is 4.77. The van der Waals surface area contributed by atoms with Crippen molar-refractivity contribution in [1.82, 2.24) is 0 Å². The molecule has 13 heavy (non-hydrogen) atoms. The maximum absolute atomic E-state index is 11.3. The molecule has 1 aliphatic heterocycles. The molecule has 0 spiro atoms. The fourth-order valence-corrected chi connectivity index (χ4v) is 3.93. The van der Waals surface area contributed by atoms with Crippen molar-refractivity contribution in [2.24, 2.45) is 0 Å². The average molecular weight is 312 g/mol. The topological polar surface area (TPSA) is 26.3 Å². The van der Waals surface area contributed by atoms with Crippen LogP contribution >= 0.6 is 22.6 Å². The third kappa shape index (κ3) is 3.23. The summed E-state index contributed by atoms with van der Waals surface area (Å²) in [5.74, 6) is 0.0142. The first-order valence-electron chi connectivity index (χ1n) is 4.69. The Morgan fingerprint density at radius 1 is 1.54 bits per heavy atom. The summed E-state index contributed by atoms with van der Waals surface area (Å²) >= 11 is 2.29. The monoisotopic (exact) mass is 312 g/mol. The van der Waals surface area contributed by atoms with Crippen LogP contribution in [0.1, 0.15) is 12.8 Å². The summed E-state index contributed by atoms with van der Waals surface area (Å²) in [4.78, 5) is 11.3. The highest BCUT2D eigenvalue weighted by Crippen LogP contribution is 2.35. The smallest absolute Gasteiger partial charge is 0.306 e. The summed E-state index contributed by atoms with van der Waals surface area (Å²) in [6.07, 6.45) is 1.92. The van der Waals surface area contributed by atoms with Gasteiger partial charge in [-0.2, -0.15) is 0 Å². The molecule has 0 amide bonds. The van der Waals surface area contributed by atoms with E-state index in [1.807, 2.05) is 0 Å². The van der Waals surface area contributed by atoms with Gasteiger partial charge in [0.25, 0.3) is 0 Å². The number of esters is 1. The molecule has 1 saturated heterocycles. The number of cyclic esters (lactones) is 1. The van der Waals surface area contributed by atoms with Gasteiger partial charge in [-0.15, -0.1) is 0 Å². The van der Waals surface area contributed by atoms with Crippen molar-refractivity contribution in [1.29, 1.82) is 0 Å². The van der Waals surface area contributed by atoms with Gasteiger partial charge in [0.2, 0.25) is 0 Å². The Labute approximate surface area is 94.6 Å². The minimum Gasteiger partial charge on any atom is -0.462 e. The van der Waals surface area contributed by atoms with Crippen molar-refractivity contribution in [3.63, 3.8) is 0 Å². The van der Waals surface area contributed by atoms with Gasteiger partial charge in [0.05, 0.1) is 0 Å². The Balaban J connectivity index is 2.62. The van der Waals surface area contributed by atoms with E-state index >= 15 is 0 Å². The van der Waals surface area contributed by atoms with Crippen LogP contribution < -0.4 is 0 Å². The minimum atomic E-state index is -1.16. The molecule has 76 valence electrons. The molecule has 1 heterocycles. The highest BCUT2D eigenvalue weighted by molar-refractivity contribution is 14.1. The van der Waals surface area contributed by atoms with Crippen LogP contribution in [0.25, 0.3) is 0 Å². The molecule has 1 fully saturated rings. The van der Waals surface area contributed by atoms with E-state index in [1.54, 1.807) is 0 Å². The van der Waals surface area contributed by atoms with Gasteiger partial charge in [0.1, 0.15) is 6.10 Å². The van der Waals surface area contributed by atoms with E-state index in [-0.39, 0.29) is 12.1 Å². The number of halogens is 1. The predicted octanol–water partition coefficient (Wildman–Crippen LogP) is 2.84. The molecule has 0 unspecified atom stereocenters. The second kappa shape index (κ2) is 4.29. The van der Waals surface area contributed by atoms with Crippen LogP contribution in [-0.4, -0.2) is 24.6 Å². The lowest BCUT2D eigenvalue weighted by Crippen LogP contribution is -2.38. The van der Waals surface area contributed by atoms with Crippen LogP contribution in [-0.2, 0) is 9.53 Å². The van der Waals surface area contributed by atoms with E-state index in [0.29, 0.717) is 12.0 Å². The SMILES string of the molecule is C[Si](C)(C)[C@H]1CC(=O)O[C@@H](CI)C1. The third-order valence-corrected chi connectivity index (χ3v) is 6.53. The van der Waals surface area contributed by atoms with Gasteiger partial charge in [-0.05, 0) is 12.0 Å². The summed E-state index contributed by atoms with van der Waals surface area (Å²) in [5, 5.41) is 0. The molecule has 0 bridgehead atoms. The van der Waals surface area contributed by atoms with Crippen molar-refractivity contribution in [2.75, 3.05) is 4.43 Å². The Bertz CT molecular complexity index is 200. The number of carbonyl (C=O) groups is 1. The van der Waals surface area contributed by atoms with Crippen LogP contribution in [0.15, 0.2) is 0 Å². The largest absolute Gasteiger partial charge is 0.462 e. The van der Waals surface area contributed by atoms with E-state index in [9.17, 15) is 4.79 Å². The first kappa shape index (κ1) is 11.5. The fraction of sp³-hybridized carbons (Fsp3) is 0.889. The molecule has 0 aromatic heterocycles. The van der Waals surface area contributed by atoms with Crippen LogP contribution in [0.5, 0.6) is 0 Å². The number of rotatable bonds is 2. The summed E-state index contributed by atoms with van der Waals surface area (Å²) in [5.41, 5.74) is 0.619. The Morgan fingerprint density at radius 3 is 2.62 bits per heavy atom. The zero-order valence-corrected chi connectivity index (χ0v) is 11.6. The van der Waals surface area contributed by atoms with Crippen molar-refractivity contribution in [3.8, 4) is 0 Å².